The van der Waals surface area contributed by atoms with Crippen LogP contribution < -0.4 is 14.9 Å². The number of anilines is 2. The van der Waals surface area contributed by atoms with Crippen molar-refractivity contribution in [3.8, 4) is 0 Å². The second-order valence-electron chi connectivity index (χ2n) is 5.89. The maximum absolute atomic E-state index is 14.0. The molecule has 1 aromatic rings. The largest absolute Gasteiger partial charge is 0.378 e. The van der Waals surface area contributed by atoms with E-state index in [0.29, 0.717) is 31.9 Å². The molecule has 0 radical (unpaired) electrons. The van der Waals surface area contributed by atoms with E-state index in [9.17, 15) is 17.6 Å². The predicted octanol–water partition coefficient (Wildman–Crippen LogP) is 1.10. The number of carbonyl (C=O) groups is 1. The summed E-state index contributed by atoms with van der Waals surface area (Å²) in [7, 11) is -3.48. The fraction of sp³-hybridized carbons (Fsp3) is 0.533. The maximum Gasteiger partial charge on any atom is 0.235 e. The quantitative estimate of drug-likeness (QED) is 0.800. The van der Waals surface area contributed by atoms with E-state index < -0.39 is 15.8 Å². The van der Waals surface area contributed by atoms with E-state index in [1.54, 1.807) is 0 Å². The van der Waals surface area contributed by atoms with Crippen LogP contribution in [0.1, 0.15) is 12.8 Å². The molecular formula is C15H21ClFN3O4S. The van der Waals surface area contributed by atoms with Gasteiger partial charge in [0.1, 0.15) is 5.82 Å². The van der Waals surface area contributed by atoms with Crippen LogP contribution in [0.25, 0.3) is 0 Å². The van der Waals surface area contributed by atoms with Crippen LogP contribution in [0, 0.1) is 5.82 Å². The highest BCUT2D eigenvalue weighted by Crippen LogP contribution is 2.29. The van der Waals surface area contributed by atoms with Gasteiger partial charge in [-0.15, -0.1) is 12.4 Å². The van der Waals surface area contributed by atoms with E-state index >= 15 is 0 Å². The Morgan fingerprint density at radius 3 is 2.88 bits per heavy atom. The average Bonchev–Trinajstić information content (AvgIpc) is 2.89. The summed E-state index contributed by atoms with van der Waals surface area (Å²) in [5, 5.41) is 5.86. The van der Waals surface area contributed by atoms with Crippen LogP contribution in [0.15, 0.2) is 18.2 Å². The number of morpholine rings is 1. The number of sulfonamides is 1. The number of nitrogens with zero attached hydrogens (tertiary/aromatic N) is 1. The number of amides is 1. The summed E-state index contributed by atoms with van der Waals surface area (Å²) < 4.78 is 44.3. The molecule has 140 valence electrons. The van der Waals surface area contributed by atoms with Gasteiger partial charge in [-0.2, -0.15) is 0 Å². The Kier molecular flexibility index (Phi) is 6.61. The Hall–Kier alpha value is -1.42. The maximum atomic E-state index is 14.0. The number of nitrogens with one attached hydrogen (secondary N) is 2. The van der Waals surface area contributed by atoms with Crippen molar-refractivity contribution in [3.63, 3.8) is 0 Å². The number of halogens is 2. The van der Waals surface area contributed by atoms with Crippen LogP contribution >= 0.6 is 12.4 Å². The SMILES string of the molecule is Cl.O=C(CC1COCCN1)Nc1ccc(F)c(N2CCCS2(=O)=O)c1. The van der Waals surface area contributed by atoms with Crippen molar-refractivity contribution in [3.05, 3.63) is 24.0 Å². The molecule has 2 fully saturated rings. The molecule has 0 spiro atoms. The van der Waals surface area contributed by atoms with E-state index in [1.807, 2.05) is 0 Å². The van der Waals surface area contributed by atoms with Gasteiger partial charge in [0.2, 0.25) is 15.9 Å². The van der Waals surface area contributed by atoms with Crippen molar-refractivity contribution >= 4 is 39.7 Å². The molecule has 3 rings (SSSR count). The fourth-order valence-electron chi connectivity index (χ4n) is 2.88. The lowest BCUT2D eigenvalue weighted by Crippen LogP contribution is -2.43. The molecule has 2 N–H and O–H groups in total. The van der Waals surface area contributed by atoms with Crippen LogP contribution in [-0.2, 0) is 19.6 Å². The Balaban J connectivity index is 0.00000225. The van der Waals surface area contributed by atoms with Gasteiger partial charge in [-0.05, 0) is 24.6 Å². The van der Waals surface area contributed by atoms with Crippen molar-refractivity contribution in [1.82, 2.24) is 5.32 Å². The van der Waals surface area contributed by atoms with Gasteiger partial charge in [-0.1, -0.05) is 0 Å². The van der Waals surface area contributed by atoms with Crippen molar-refractivity contribution < 1.29 is 22.3 Å². The molecule has 2 aliphatic heterocycles. The molecule has 10 heteroatoms. The highest BCUT2D eigenvalue weighted by Gasteiger charge is 2.30. The molecule has 25 heavy (non-hydrogen) atoms. The first kappa shape index (κ1) is 19.9. The molecule has 0 bridgehead atoms. The van der Waals surface area contributed by atoms with Crippen molar-refractivity contribution in [1.29, 1.82) is 0 Å². The summed E-state index contributed by atoms with van der Waals surface area (Å²) in [5.41, 5.74) is 0.347. The van der Waals surface area contributed by atoms with Gasteiger partial charge in [0.15, 0.2) is 0 Å². The molecule has 7 nitrogen and oxygen atoms in total. The van der Waals surface area contributed by atoms with Gasteiger partial charge in [-0.3, -0.25) is 9.10 Å². The molecule has 1 amide bonds. The summed E-state index contributed by atoms with van der Waals surface area (Å²) in [4.78, 5) is 12.1. The van der Waals surface area contributed by atoms with Gasteiger partial charge in [-0.25, -0.2) is 12.8 Å². The number of ether oxygens (including phenoxy) is 1. The van der Waals surface area contributed by atoms with Crippen molar-refractivity contribution in [2.24, 2.45) is 0 Å². The van der Waals surface area contributed by atoms with Crippen molar-refractivity contribution in [2.75, 3.05) is 41.7 Å². The highest BCUT2D eigenvalue weighted by molar-refractivity contribution is 7.93. The molecule has 1 aromatic carbocycles. The number of rotatable bonds is 4. The minimum atomic E-state index is -3.48. The van der Waals surface area contributed by atoms with Crippen LogP contribution in [0.4, 0.5) is 15.8 Å². The summed E-state index contributed by atoms with van der Waals surface area (Å²) >= 11 is 0. The predicted molar refractivity (Wildman–Crippen MR) is 95.3 cm³/mol. The van der Waals surface area contributed by atoms with Crippen LogP contribution in [-0.4, -0.2) is 52.4 Å². The molecule has 0 saturated carbocycles. The zero-order valence-corrected chi connectivity index (χ0v) is 15.2. The molecule has 2 saturated heterocycles. The third-order valence-corrected chi connectivity index (χ3v) is 5.88. The van der Waals surface area contributed by atoms with Gasteiger partial charge in [0, 0.05) is 31.2 Å². The zero-order chi connectivity index (χ0) is 17.2. The van der Waals surface area contributed by atoms with Crippen LogP contribution in [0.3, 0.4) is 0 Å². The first-order valence-corrected chi connectivity index (χ1v) is 9.47. The van der Waals surface area contributed by atoms with E-state index in [0.717, 1.165) is 4.31 Å². The molecular weight excluding hydrogens is 373 g/mol. The van der Waals surface area contributed by atoms with E-state index in [4.69, 9.17) is 4.74 Å². The Bertz CT molecular complexity index is 725. The number of hydrogen-bond acceptors (Lipinski definition) is 5. The molecule has 0 aromatic heterocycles. The lowest BCUT2D eigenvalue weighted by Gasteiger charge is -2.23. The highest BCUT2D eigenvalue weighted by atomic mass is 35.5. The van der Waals surface area contributed by atoms with Crippen molar-refractivity contribution in [2.45, 2.75) is 18.9 Å². The average molecular weight is 394 g/mol. The fourth-order valence-corrected chi connectivity index (χ4v) is 4.44. The van der Waals surface area contributed by atoms with Crippen LogP contribution in [0.2, 0.25) is 0 Å². The summed E-state index contributed by atoms with van der Waals surface area (Å²) in [6.45, 7) is 2.04. The van der Waals surface area contributed by atoms with E-state index in [-0.39, 0.29) is 48.8 Å². The lowest BCUT2D eigenvalue weighted by atomic mass is 10.2. The molecule has 2 heterocycles. The number of hydrogen-bond donors (Lipinski definition) is 2. The third kappa shape index (κ3) is 4.81. The summed E-state index contributed by atoms with van der Waals surface area (Å²) in [6.07, 6.45) is 0.695. The standard InChI is InChI=1S/C15H20FN3O4S.ClH/c16-13-3-2-11(8-14(13)19-5-1-7-24(19,21)22)18-15(20)9-12-10-23-6-4-17-12;/h2-3,8,12,17H,1,4-7,9-10H2,(H,18,20);1H. The first-order valence-electron chi connectivity index (χ1n) is 7.87. The number of carbonyl (C=O) groups excluding carboxylic acids is 1. The van der Waals surface area contributed by atoms with Gasteiger partial charge in [0.25, 0.3) is 0 Å². The second kappa shape index (κ2) is 8.31. The van der Waals surface area contributed by atoms with E-state index in [2.05, 4.69) is 10.6 Å². The summed E-state index contributed by atoms with van der Waals surface area (Å²) in [6, 6.07) is 3.89. The Morgan fingerprint density at radius 2 is 2.24 bits per heavy atom. The Morgan fingerprint density at radius 1 is 1.44 bits per heavy atom. The monoisotopic (exact) mass is 393 g/mol. The Labute approximate surface area is 152 Å². The first-order chi connectivity index (χ1) is 11.5. The summed E-state index contributed by atoms with van der Waals surface area (Å²) in [5.74, 6) is -0.850. The zero-order valence-electron chi connectivity index (χ0n) is 13.5. The van der Waals surface area contributed by atoms with Gasteiger partial charge < -0.3 is 15.4 Å². The van der Waals surface area contributed by atoms with Gasteiger partial charge >= 0.3 is 0 Å². The lowest BCUT2D eigenvalue weighted by molar-refractivity contribution is -0.117. The minimum Gasteiger partial charge on any atom is -0.378 e. The molecule has 2 aliphatic rings. The second-order valence-corrected chi connectivity index (χ2v) is 7.90. The smallest absolute Gasteiger partial charge is 0.235 e. The molecule has 0 aliphatic carbocycles. The normalized spacial score (nSPS) is 22.3. The topological polar surface area (TPSA) is 87.7 Å². The number of benzene rings is 1. The molecule has 1 unspecified atom stereocenters. The third-order valence-electron chi connectivity index (χ3n) is 4.03. The minimum absolute atomic E-state index is 0. The van der Waals surface area contributed by atoms with Crippen LogP contribution in [0.5, 0.6) is 0 Å². The van der Waals surface area contributed by atoms with Gasteiger partial charge in [0.05, 0.1) is 24.7 Å². The van der Waals surface area contributed by atoms with E-state index in [1.165, 1.54) is 18.2 Å². The molecule has 1 atom stereocenters.